The van der Waals surface area contributed by atoms with E-state index in [1.807, 2.05) is 0 Å². The lowest BCUT2D eigenvalue weighted by atomic mass is 10.1. The number of aldehydes is 1. The fourth-order valence-corrected chi connectivity index (χ4v) is 1.09. The Morgan fingerprint density at radius 3 is 3.08 bits per heavy atom. The predicted octanol–water partition coefficient (Wildman–Crippen LogP) is 1.11. The molecule has 12 heavy (non-hydrogen) atoms. The molecule has 0 aromatic heterocycles. The Labute approximate surface area is 76.3 Å². The average Bonchev–Trinajstić information content (AvgIpc) is 2.55. The molecule has 0 N–H and O–H groups in total. The highest BCUT2D eigenvalue weighted by molar-refractivity contribution is 6.17. The van der Waals surface area contributed by atoms with Crippen molar-refractivity contribution in [3.8, 4) is 0 Å². The molecule has 1 rings (SSSR count). The van der Waals surface area contributed by atoms with Crippen LogP contribution in [0.1, 0.15) is 6.42 Å². The number of hydrogen-bond donors (Lipinski definition) is 0. The molecule has 1 aliphatic heterocycles. The fraction of sp³-hybridized carbons (Fsp3) is 0.625. The maximum absolute atomic E-state index is 10.6. The monoisotopic (exact) mass is 190 g/mol. The van der Waals surface area contributed by atoms with Gasteiger partial charge in [0.15, 0.2) is 11.9 Å². The SMILES string of the molecule is O=CC1(COCCCl)CC=CO1. The van der Waals surface area contributed by atoms with Gasteiger partial charge in [-0.05, 0) is 6.08 Å². The highest BCUT2D eigenvalue weighted by Crippen LogP contribution is 2.21. The van der Waals surface area contributed by atoms with Crippen LogP contribution in [0.4, 0.5) is 0 Å². The number of rotatable bonds is 5. The van der Waals surface area contributed by atoms with Crippen LogP contribution >= 0.6 is 11.6 Å². The van der Waals surface area contributed by atoms with E-state index >= 15 is 0 Å². The Balaban J connectivity index is 2.30. The smallest absolute Gasteiger partial charge is 0.189 e. The van der Waals surface area contributed by atoms with Crippen LogP contribution in [0.3, 0.4) is 0 Å². The van der Waals surface area contributed by atoms with Crippen molar-refractivity contribution in [3.63, 3.8) is 0 Å². The van der Waals surface area contributed by atoms with Gasteiger partial charge in [-0.2, -0.15) is 0 Å². The van der Waals surface area contributed by atoms with Crippen LogP contribution in [-0.4, -0.2) is 31.0 Å². The molecule has 4 heteroatoms. The molecule has 0 amide bonds. The van der Waals surface area contributed by atoms with Crippen LogP contribution in [0.5, 0.6) is 0 Å². The van der Waals surface area contributed by atoms with E-state index in [-0.39, 0.29) is 6.61 Å². The maximum atomic E-state index is 10.6. The van der Waals surface area contributed by atoms with Gasteiger partial charge in [-0.25, -0.2) is 0 Å². The van der Waals surface area contributed by atoms with E-state index in [2.05, 4.69) is 0 Å². The maximum Gasteiger partial charge on any atom is 0.189 e. The van der Waals surface area contributed by atoms with Crippen LogP contribution in [0.2, 0.25) is 0 Å². The molecule has 0 saturated carbocycles. The lowest BCUT2D eigenvalue weighted by Crippen LogP contribution is -2.35. The summed E-state index contributed by atoms with van der Waals surface area (Å²) in [6, 6.07) is 0. The molecule has 0 fully saturated rings. The summed E-state index contributed by atoms with van der Waals surface area (Å²) in [5, 5.41) is 0. The quantitative estimate of drug-likeness (QED) is 0.370. The largest absolute Gasteiger partial charge is 0.485 e. The van der Waals surface area contributed by atoms with E-state index in [4.69, 9.17) is 21.1 Å². The number of hydrogen-bond acceptors (Lipinski definition) is 3. The Morgan fingerprint density at radius 2 is 2.58 bits per heavy atom. The summed E-state index contributed by atoms with van der Waals surface area (Å²) in [4.78, 5) is 10.6. The van der Waals surface area contributed by atoms with Crippen molar-refractivity contribution in [1.82, 2.24) is 0 Å². The molecule has 68 valence electrons. The van der Waals surface area contributed by atoms with Crippen LogP contribution in [0.15, 0.2) is 12.3 Å². The van der Waals surface area contributed by atoms with E-state index in [0.29, 0.717) is 18.9 Å². The lowest BCUT2D eigenvalue weighted by molar-refractivity contribution is -0.128. The van der Waals surface area contributed by atoms with Crippen molar-refractivity contribution in [1.29, 1.82) is 0 Å². The predicted molar refractivity (Wildman–Crippen MR) is 45.2 cm³/mol. The summed E-state index contributed by atoms with van der Waals surface area (Å²) in [6.07, 6.45) is 4.69. The molecular weight excluding hydrogens is 180 g/mol. The number of carbonyl (C=O) groups excluding carboxylic acids is 1. The Morgan fingerprint density at radius 1 is 1.75 bits per heavy atom. The van der Waals surface area contributed by atoms with Crippen LogP contribution < -0.4 is 0 Å². The van der Waals surface area contributed by atoms with Crippen molar-refractivity contribution < 1.29 is 14.3 Å². The molecule has 0 aromatic rings. The van der Waals surface area contributed by atoms with E-state index in [9.17, 15) is 4.79 Å². The zero-order valence-electron chi connectivity index (χ0n) is 6.66. The average molecular weight is 191 g/mol. The zero-order chi connectivity index (χ0) is 8.86. The van der Waals surface area contributed by atoms with E-state index in [0.717, 1.165) is 6.29 Å². The Bertz CT molecular complexity index is 171. The minimum Gasteiger partial charge on any atom is -0.485 e. The van der Waals surface area contributed by atoms with Gasteiger partial charge in [0.05, 0.1) is 19.5 Å². The number of ether oxygens (including phenoxy) is 2. The normalized spacial score (nSPS) is 27.1. The van der Waals surface area contributed by atoms with Gasteiger partial charge in [-0.3, -0.25) is 4.79 Å². The van der Waals surface area contributed by atoms with Crippen molar-refractivity contribution in [2.45, 2.75) is 12.0 Å². The first-order valence-corrected chi connectivity index (χ1v) is 4.29. The first-order valence-electron chi connectivity index (χ1n) is 3.76. The van der Waals surface area contributed by atoms with Gasteiger partial charge >= 0.3 is 0 Å². The minimum atomic E-state index is -0.786. The second-order valence-electron chi connectivity index (χ2n) is 2.62. The second-order valence-corrected chi connectivity index (χ2v) is 3.00. The van der Waals surface area contributed by atoms with Crippen molar-refractivity contribution in [2.24, 2.45) is 0 Å². The van der Waals surface area contributed by atoms with E-state index < -0.39 is 5.60 Å². The van der Waals surface area contributed by atoms with Crippen LogP contribution in [0, 0.1) is 0 Å². The molecule has 1 unspecified atom stereocenters. The molecule has 0 bridgehead atoms. The molecule has 0 aromatic carbocycles. The van der Waals surface area contributed by atoms with Crippen molar-refractivity contribution >= 4 is 17.9 Å². The van der Waals surface area contributed by atoms with Gasteiger partial charge in [0.2, 0.25) is 0 Å². The van der Waals surface area contributed by atoms with Gasteiger partial charge in [0, 0.05) is 12.3 Å². The standard InChI is InChI=1S/C8H11ClO3/c9-3-5-11-7-8(6-10)2-1-4-12-8/h1,4,6H,2-3,5,7H2. The van der Waals surface area contributed by atoms with Crippen molar-refractivity contribution in [2.75, 3.05) is 19.1 Å². The summed E-state index contributed by atoms with van der Waals surface area (Å²) in [5.41, 5.74) is -0.786. The van der Waals surface area contributed by atoms with Crippen LogP contribution in [0.25, 0.3) is 0 Å². The lowest BCUT2D eigenvalue weighted by Gasteiger charge is -2.21. The summed E-state index contributed by atoms with van der Waals surface area (Å²) < 4.78 is 10.3. The molecule has 0 spiro atoms. The topological polar surface area (TPSA) is 35.5 Å². The molecular formula is C8H11ClO3. The highest BCUT2D eigenvalue weighted by atomic mass is 35.5. The number of halogens is 1. The molecule has 0 saturated heterocycles. The fourth-order valence-electron chi connectivity index (χ4n) is 0.982. The summed E-state index contributed by atoms with van der Waals surface area (Å²) in [7, 11) is 0. The third-order valence-corrected chi connectivity index (χ3v) is 1.80. The van der Waals surface area contributed by atoms with Gasteiger partial charge in [-0.1, -0.05) is 0 Å². The van der Waals surface area contributed by atoms with Gasteiger partial charge < -0.3 is 9.47 Å². The van der Waals surface area contributed by atoms with Crippen molar-refractivity contribution in [3.05, 3.63) is 12.3 Å². The summed E-state index contributed by atoms with van der Waals surface area (Å²) in [6.45, 7) is 0.719. The van der Waals surface area contributed by atoms with E-state index in [1.165, 1.54) is 6.26 Å². The Kier molecular flexibility index (Phi) is 3.56. The van der Waals surface area contributed by atoms with Gasteiger partial charge in [0.25, 0.3) is 0 Å². The van der Waals surface area contributed by atoms with Gasteiger partial charge in [-0.15, -0.1) is 11.6 Å². The molecule has 3 nitrogen and oxygen atoms in total. The molecule has 1 heterocycles. The highest BCUT2D eigenvalue weighted by Gasteiger charge is 2.33. The summed E-state index contributed by atoms with van der Waals surface area (Å²) in [5.74, 6) is 0.433. The molecule has 0 aliphatic carbocycles. The third-order valence-electron chi connectivity index (χ3n) is 1.64. The molecule has 1 aliphatic rings. The second kappa shape index (κ2) is 4.48. The third kappa shape index (κ3) is 2.22. The first-order chi connectivity index (χ1) is 5.83. The number of carbonyl (C=O) groups is 1. The zero-order valence-corrected chi connectivity index (χ0v) is 7.42. The number of alkyl halides is 1. The Hall–Kier alpha value is -0.540. The van der Waals surface area contributed by atoms with Gasteiger partial charge in [0.1, 0.15) is 0 Å². The molecule has 1 atom stereocenters. The van der Waals surface area contributed by atoms with Crippen LogP contribution in [-0.2, 0) is 14.3 Å². The molecule has 0 radical (unpaired) electrons. The minimum absolute atomic E-state index is 0.274. The van der Waals surface area contributed by atoms with E-state index in [1.54, 1.807) is 6.08 Å². The first kappa shape index (κ1) is 9.55. The summed E-state index contributed by atoms with van der Waals surface area (Å²) >= 11 is 5.41.